The zero-order chi connectivity index (χ0) is 37.9. The SMILES string of the molecule is CCCCCCCC/C=C\C/C=C\CCC(=O)NC(COP(=O)([O-])OCC[N+](C)(C)C)C(O)/C=C/CCCCCCCCCCCCCCCC. The van der Waals surface area contributed by atoms with E-state index in [0.29, 0.717) is 17.4 Å². The Morgan fingerprint density at radius 1 is 0.686 bits per heavy atom. The summed E-state index contributed by atoms with van der Waals surface area (Å²) in [7, 11) is 1.23. The van der Waals surface area contributed by atoms with E-state index in [0.717, 1.165) is 32.1 Å². The van der Waals surface area contributed by atoms with Gasteiger partial charge in [-0.2, -0.15) is 0 Å². The number of allylic oxidation sites excluding steroid dienone is 5. The molecule has 0 heterocycles. The first-order valence-electron chi connectivity index (χ1n) is 20.9. The highest BCUT2D eigenvalue weighted by molar-refractivity contribution is 7.45. The number of likely N-dealkylation sites (N-methyl/N-ethyl adjacent to an activating group) is 1. The van der Waals surface area contributed by atoms with Gasteiger partial charge < -0.3 is 28.8 Å². The van der Waals surface area contributed by atoms with Gasteiger partial charge in [-0.25, -0.2) is 0 Å². The van der Waals surface area contributed by atoms with Crippen molar-refractivity contribution in [3.05, 3.63) is 36.5 Å². The maximum absolute atomic E-state index is 12.8. The largest absolute Gasteiger partial charge is 0.756 e. The molecular weight excluding hydrogens is 659 g/mol. The zero-order valence-corrected chi connectivity index (χ0v) is 34.7. The van der Waals surface area contributed by atoms with Gasteiger partial charge in [-0.15, -0.1) is 0 Å². The summed E-state index contributed by atoms with van der Waals surface area (Å²) in [6.45, 7) is 4.58. The van der Waals surface area contributed by atoms with E-state index in [1.54, 1.807) is 6.08 Å². The van der Waals surface area contributed by atoms with Crippen molar-refractivity contribution in [1.82, 2.24) is 5.32 Å². The van der Waals surface area contributed by atoms with Crippen molar-refractivity contribution in [2.24, 2.45) is 0 Å². The molecule has 0 aromatic heterocycles. The molecule has 0 radical (unpaired) electrons. The van der Waals surface area contributed by atoms with E-state index >= 15 is 0 Å². The van der Waals surface area contributed by atoms with Crippen LogP contribution in [0.5, 0.6) is 0 Å². The highest BCUT2D eigenvalue weighted by atomic mass is 31.2. The molecule has 0 saturated carbocycles. The number of unbranched alkanes of at least 4 members (excludes halogenated alkanes) is 20. The Labute approximate surface area is 315 Å². The molecule has 0 aliphatic rings. The molecule has 0 aliphatic carbocycles. The van der Waals surface area contributed by atoms with Gasteiger partial charge in [0.15, 0.2) is 0 Å². The second-order valence-corrected chi connectivity index (χ2v) is 16.8. The number of nitrogens with zero attached hydrogens (tertiary/aromatic N) is 1. The fraction of sp³-hybridized carbons (Fsp3) is 0.833. The molecule has 1 amide bonds. The minimum atomic E-state index is -4.59. The molecular formula is C42H81N2O6P. The lowest BCUT2D eigenvalue weighted by Crippen LogP contribution is -2.45. The van der Waals surface area contributed by atoms with Crippen LogP contribution in [0.2, 0.25) is 0 Å². The van der Waals surface area contributed by atoms with Gasteiger partial charge >= 0.3 is 0 Å². The molecule has 0 bridgehead atoms. The summed E-state index contributed by atoms with van der Waals surface area (Å²) < 4.78 is 23.1. The summed E-state index contributed by atoms with van der Waals surface area (Å²) in [6.07, 6.45) is 40.6. The zero-order valence-electron chi connectivity index (χ0n) is 33.8. The summed E-state index contributed by atoms with van der Waals surface area (Å²) in [5, 5.41) is 13.7. The summed E-state index contributed by atoms with van der Waals surface area (Å²) in [6, 6.07) is -0.914. The van der Waals surface area contributed by atoms with E-state index in [2.05, 4.69) is 37.4 Å². The normalized spacial score (nSPS) is 14.9. The van der Waals surface area contributed by atoms with Gasteiger partial charge in [-0.1, -0.05) is 166 Å². The van der Waals surface area contributed by atoms with Crippen LogP contribution in [0.15, 0.2) is 36.5 Å². The number of phosphoric ester groups is 1. The maximum atomic E-state index is 12.8. The van der Waals surface area contributed by atoms with Crippen LogP contribution in [0.25, 0.3) is 0 Å². The fourth-order valence-corrected chi connectivity index (χ4v) is 6.45. The first-order chi connectivity index (χ1) is 24.5. The number of hydrogen-bond donors (Lipinski definition) is 2. The molecule has 2 N–H and O–H groups in total. The second kappa shape index (κ2) is 34.5. The van der Waals surface area contributed by atoms with Crippen molar-refractivity contribution in [1.29, 1.82) is 0 Å². The molecule has 0 aromatic rings. The molecule has 0 saturated heterocycles. The number of phosphoric acid groups is 1. The predicted molar refractivity (Wildman–Crippen MR) is 215 cm³/mol. The molecule has 8 nitrogen and oxygen atoms in total. The van der Waals surface area contributed by atoms with Crippen molar-refractivity contribution in [2.75, 3.05) is 40.9 Å². The first kappa shape index (κ1) is 49.7. The summed E-state index contributed by atoms with van der Waals surface area (Å²) in [4.78, 5) is 25.2. The monoisotopic (exact) mass is 741 g/mol. The van der Waals surface area contributed by atoms with Crippen LogP contribution in [-0.4, -0.2) is 68.5 Å². The quantitative estimate of drug-likeness (QED) is 0.0284. The van der Waals surface area contributed by atoms with E-state index < -0.39 is 26.6 Å². The summed E-state index contributed by atoms with van der Waals surface area (Å²) in [5.74, 6) is -0.266. The van der Waals surface area contributed by atoms with E-state index in [1.165, 1.54) is 116 Å². The highest BCUT2D eigenvalue weighted by Gasteiger charge is 2.23. The van der Waals surface area contributed by atoms with Gasteiger partial charge in [0.1, 0.15) is 13.2 Å². The number of aliphatic hydroxyl groups excluding tert-OH is 1. The average molecular weight is 741 g/mol. The maximum Gasteiger partial charge on any atom is 0.268 e. The number of nitrogens with one attached hydrogen (secondary N) is 1. The molecule has 0 aromatic carbocycles. The molecule has 3 unspecified atom stereocenters. The Balaban J connectivity index is 4.56. The Morgan fingerprint density at radius 3 is 1.63 bits per heavy atom. The van der Waals surface area contributed by atoms with Crippen molar-refractivity contribution < 1.29 is 32.9 Å². The molecule has 0 aliphatic heterocycles. The molecule has 51 heavy (non-hydrogen) atoms. The van der Waals surface area contributed by atoms with Gasteiger partial charge in [0.25, 0.3) is 7.82 Å². The van der Waals surface area contributed by atoms with Crippen LogP contribution in [-0.2, 0) is 18.4 Å². The van der Waals surface area contributed by atoms with E-state index in [1.807, 2.05) is 33.3 Å². The lowest BCUT2D eigenvalue weighted by atomic mass is 10.0. The second-order valence-electron chi connectivity index (χ2n) is 15.3. The Hall–Kier alpha value is -1.28. The van der Waals surface area contributed by atoms with Crippen molar-refractivity contribution in [3.8, 4) is 0 Å². The molecule has 3 atom stereocenters. The van der Waals surface area contributed by atoms with Gasteiger partial charge in [0.2, 0.25) is 5.91 Å². The summed E-state index contributed by atoms with van der Waals surface area (Å²) >= 11 is 0. The van der Waals surface area contributed by atoms with Gasteiger partial charge in [-0.3, -0.25) is 9.36 Å². The number of hydrogen-bond acceptors (Lipinski definition) is 6. The van der Waals surface area contributed by atoms with Crippen LogP contribution in [0.3, 0.4) is 0 Å². The minimum Gasteiger partial charge on any atom is -0.756 e. The van der Waals surface area contributed by atoms with Crippen molar-refractivity contribution in [3.63, 3.8) is 0 Å². The Morgan fingerprint density at radius 2 is 1.14 bits per heavy atom. The van der Waals surface area contributed by atoms with Crippen LogP contribution < -0.4 is 10.2 Å². The first-order valence-corrected chi connectivity index (χ1v) is 22.3. The topological polar surface area (TPSA) is 108 Å². The van der Waals surface area contributed by atoms with E-state index in [4.69, 9.17) is 9.05 Å². The van der Waals surface area contributed by atoms with Gasteiger partial charge in [0.05, 0.1) is 39.9 Å². The fourth-order valence-electron chi connectivity index (χ4n) is 5.73. The van der Waals surface area contributed by atoms with E-state index in [9.17, 15) is 19.4 Å². The van der Waals surface area contributed by atoms with Crippen molar-refractivity contribution >= 4 is 13.7 Å². The summed E-state index contributed by atoms with van der Waals surface area (Å²) in [5.41, 5.74) is 0. The number of aliphatic hydroxyl groups is 1. The van der Waals surface area contributed by atoms with Crippen LogP contribution in [0.4, 0.5) is 0 Å². The van der Waals surface area contributed by atoms with Crippen LogP contribution in [0.1, 0.15) is 174 Å². The standard InChI is InChI=1S/C42H81N2O6P/c1-6-8-10-12-14-16-18-20-21-22-24-25-27-29-31-33-35-41(45)40(39-50-51(47,48)49-38-37-44(3,4)5)43-42(46)36-34-32-30-28-26-23-19-17-15-13-11-9-7-2/h23,26,30,32-33,35,40-41,45H,6-22,24-25,27-29,31,34,36-39H2,1-5H3,(H-,43,46,47,48)/b26-23-,32-30-,35-33+. The number of amides is 1. The third-order valence-electron chi connectivity index (χ3n) is 9.11. The van der Waals surface area contributed by atoms with Crippen LogP contribution >= 0.6 is 7.82 Å². The molecule has 300 valence electrons. The smallest absolute Gasteiger partial charge is 0.268 e. The van der Waals surface area contributed by atoms with E-state index in [-0.39, 0.29) is 18.9 Å². The molecule has 0 spiro atoms. The van der Waals surface area contributed by atoms with Crippen LogP contribution in [0, 0.1) is 0 Å². The average Bonchev–Trinajstić information content (AvgIpc) is 3.07. The van der Waals surface area contributed by atoms with Gasteiger partial charge in [0, 0.05) is 6.42 Å². The number of carbonyl (C=O) groups excluding carboxylic acids is 1. The molecule has 0 fully saturated rings. The lowest BCUT2D eigenvalue weighted by Gasteiger charge is -2.29. The number of quaternary nitrogens is 1. The molecule has 9 heteroatoms. The van der Waals surface area contributed by atoms with Crippen molar-refractivity contribution in [2.45, 2.75) is 187 Å². The highest BCUT2D eigenvalue weighted by Crippen LogP contribution is 2.38. The lowest BCUT2D eigenvalue weighted by molar-refractivity contribution is -0.870. The third kappa shape index (κ3) is 36.9. The number of carbonyl (C=O) groups is 1. The predicted octanol–water partition coefficient (Wildman–Crippen LogP) is 10.5. The minimum absolute atomic E-state index is 0.0104. The van der Waals surface area contributed by atoms with Gasteiger partial charge in [-0.05, 0) is 38.5 Å². The Bertz CT molecular complexity index is 933. The Kier molecular flexibility index (Phi) is 33.6. The molecule has 0 rings (SSSR count). The number of rotatable bonds is 37. The third-order valence-corrected chi connectivity index (χ3v) is 10.1.